The van der Waals surface area contributed by atoms with Crippen molar-refractivity contribution in [2.24, 2.45) is 0 Å². The first-order chi connectivity index (χ1) is 13.0. The van der Waals surface area contributed by atoms with Crippen LogP contribution in [0, 0.1) is 13.8 Å². The Morgan fingerprint density at radius 3 is 2.85 bits per heavy atom. The van der Waals surface area contributed by atoms with E-state index >= 15 is 0 Å². The molecule has 0 aliphatic heterocycles. The zero-order valence-electron chi connectivity index (χ0n) is 14.9. The molecule has 0 aliphatic carbocycles. The molecule has 3 aromatic heterocycles. The largest absolute Gasteiger partial charge is 0.467 e. The number of hydrogen-bond donors (Lipinski definition) is 0. The van der Waals surface area contributed by atoms with Crippen molar-refractivity contribution >= 4 is 49.2 Å². The minimum absolute atomic E-state index is 0.00464. The highest BCUT2D eigenvalue weighted by Crippen LogP contribution is 2.30. The van der Waals surface area contributed by atoms with Crippen LogP contribution in [0.5, 0.6) is 0 Å². The number of thiophene rings is 1. The molecule has 4 aromatic rings. The van der Waals surface area contributed by atoms with Crippen molar-refractivity contribution in [3.63, 3.8) is 0 Å². The van der Waals surface area contributed by atoms with Gasteiger partial charge in [-0.15, -0.1) is 11.3 Å². The third-order valence-corrected chi connectivity index (χ3v) is 7.05. The molecule has 0 amide bonds. The summed E-state index contributed by atoms with van der Waals surface area (Å²) in [5.41, 5.74) is 2.19. The average molecular weight is 461 g/mol. The molecule has 0 radical (unpaired) electrons. The number of benzene rings is 1. The monoisotopic (exact) mass is 460 g/mol. The molecule has 0 bridgehead atoms. The highest BCUT2D eigenvalue weighted by atomic mass is 79.9. The van der Waals surface area contributed by atoms with Gasteiger partial charge >= 0.3 is 0 Å². The predicted molar refractivity (Wildman–Crippen MR) is 115 cm³/mol. The lowest BCUT2D eigenvalue weighted by molar-refractivity contribution is 0.476. The fourth-order valence-electron chi connectivity index (χ4n) is 2.89. The molecule has 1 aromatic carbocycles. The van der Waals surface area contributed by atoms with Gasteiger partial charge in [0.25, 0.3) is 5.56 Å². The van der Waals surface area contributed by atoms with E-state index in [9.17, 15) is 4.79 Å². The standard InChI is InChI=1S/C20H17BrN2O2S2/c1-12-13(2)27-18-17(12)19(24)23(10-16-7-4-8-25-16)20(22-18)26-11-14-5-3-6-15(21)9-14/h3-9H,10-11H2,1-2H3. The maximum Gasteiger partial charge on any atom is 0.263 e. The lowest BCUT2D eigenvalue weighted by Gasteiger charge is -2.11. The van der Waals surface area contributed by atoms with E-state index in [4.69, 9.17) is 9.40 Å². The Morgan fingerprint density at radius 2 is 2.11 bits per heavy atom. The van der Waals surface area contributed by atoms with Gasteiger partial charge in [0.1, 0.15) is 10.6 Å². The van der Waals surface area contributed by atoms with E-state index in [1.54, 1.807) is 33.9 Å². The number of nitrogens with zero attached hydrogens (tertiary/aromatic N) is 2. The number of furan rings is 1. The molecule has 3 heterocycles. The zero-order valence-corrected chi connectivity index (χ0v) is 18.1. The van der Waals surface area contributed by atoms with Crippen molar-refractivity contribution in [3.8, 4) is 0 Å². The molecule has 0 spiro atoms. The van der Waals surface area contributed by atoms with Crippen LogP contribution in [0.25, 0.3) is 10.2 Å². The fourth-order valence-corrected chi connectivity index (χ4v) is 5.35. The number of hydrogen-bond acceptors (Lipinski definition) is 5. The van der Waals surface area contributed by atoms with Crippen LogP contribution in [0.4, 0.5) is 0 Å². The summed E-state index contributed by atoms with van der Waals surface area (Å²) in [4.78, 5) is 20.0. The Morgan fingerprint density at radius 1 is 1.26 bits per heavy atom. The smallest absolute Gasteiger partial charge is 0.263 e. The minimum Gasteiger partial charge on any atom is -0.467 e. The number of thioether (sulfide) groups is 1. The van der Waals surface area contributed by atoms with Gasteiger partial charge in [0.2, 0.25) is 0 Å². The van der Waals surface area contributed by atoms with E-state index < -0.39 is 0 Å². The first-order valence-electron chi connectivity index (χ1n) is 8.43. The Balaban J connectivity index is 1.78. The lowest BCUT2D eigenvalue weighted by Crippen LogP contribution is -2.23. The number of aryl methyl sites for hydroxylation is 2. The summed E-state index contributed by atoms with van der Waals surface area (Å²) < 4.78 is 8.24. The third-order valence-electron chi connectivity index (χ3n) is 4.40. The maximum absolute atomic E-state index is 13.2. The first-order valence-corrected chi connectivity index (χ1v) is 11.0. The van der Waals surface area contributed by atoms with Crippen LogP contribution in [0.15, 0.2) is 61.5 Å². The second-order valence-corrected chi connectivity index (χ2v) is 9.31. The normalized spacial score (nSPS) is 11.4. The summed E-state index contributed by atoms with van der Waals surface area (Å²) in [6, 6.07) is 11.9. The van der Waals surface area contributed by atoms with E-state index in [1.807, 2.05) is 38.1 Å². The van der Waals surface area contributed by atoms with Gasteiger partial charge in [-0.25, -0.2) is 4.98 Å². The molecule has 0 saturated carbocycles. The van der Waals surface area contributed by atoms with E-state index in [-0.39, 0.29) is 5.56 Å². The van der Waals surface area contributed by atoms with Crippen LogP contribution >= 0.6 is 39.0 Å². The van der Waals surface area contributed by atoms with Crippen molar-refractivity contribution in [2.45, 2.75) is 31.3 Å². The summed E-state index contributed by atoms with van der Waals surface area (Å²) in [7, 11) is 0. The van der Waals surface area contributed by atoms with E-state index in [0.29, 0.717) is 11.7 Å². The summed E-state index contributed by atoms with van der Waals surface area (Å²) in [6.07, 6.45) is 1.63. The molecule has 138 valence electrons. The Labute approximate surface area is 173 Å². The Kier molecular flexibility index (Phi) is 5.25. The van der Waals surface area contributed by atoms with Crippen LogP contribution in [-0.4, -0.2) is 9.55 Å². The van der Waals surface area contributed by atoms with Crippen LogP contribution in [0.1, 0.15) is 21.8 Å². The first kappa shape index (κ1) is 18.5. The molecule has 0 N–H and O–H groups in total. The molecule has 4 rings (SSSR count). The Hall–Kier alpha value is -1.83. The summed E-state index contributed by atoms with van der Waals surface area (Å²) in [5, 5.41) is 1.43. The van der Waals surface area contributed by atoms with Gasteiger partial charge in [-0.3, -0.25) is 9.36 Å². The summed E-state index contributed by atoms with van der Waals surface area (Å²) >= 11 is 6.66. The van der Waals surface area contributed by atoms with Gasteiger partial charge in [0.15, 0.2) is 5.16 Å². The Bertz CT molecular complexity index is 1160. The zero-order chi connectivity index (χ0) is 19.0. The van der Waals surface area contributed by atoms with E-state index in [0.717, 1.165) is 36.6 Å². The molecular formula is C20H17BrN2O2S2. The van der Waals surface area contributed by atoms with E-state index in [2.05, 4.69) is 28.1 Å². The molecule has 0 aliphatic rings. The SMILES string of the molecule is Cc1sc2nc(SCc3cccc(Br)c3)n(Cc3ccco3)c(=O)c2c1C. The van der Waals surface area contributed by atoms with Crippen LogP contribution in [0.2, 0.25) is 0 Å². The van der Waals surface area contributed by atoms with Crippen LogP contribution in [-0.2, 0) is 12.3 Å². The fraction of sp³-hybridized carbons (Fsp3) is 0.200. The third kappa shape index (κ3) is 3.77. The highest BCUT2D eigenvalue weighted by molar-refractivity contribution is 9.10. The molecule has 0 fully saturated rings. The van der Waals surface area contributed by atoms with Crippen molar-refractivity contribution < 1.29 is 4.42 Å². The molecule has 4 nitrogen and oxygen atoms in total. The molecule has 7 heteroatoms. The quantitative estimate of drug-likeness (QED) is 0.280. The van der Waals surface area contributed by atoms with Gasteiger partial charge in [-0.1, -0.05) is 39.8 Å². The number of aromatic nitrogens is 2. The molecule has 0 atom stereocenters. The number of halogens is 1. The van der Waals surface area contributed by atoms with Crippen molar-refractivity contribution in [1.82, 2.24) is 9.55 Å². The van der Waals surface area contributed by atoms with Gasteiger partial charge in [-0.05, 0) is 49.2 Å². The minimum atomic E-state index is -0.00464. The summed E-state index contributed by atoms with van der Waals surface area (Å²) in [5.74, 6) is 1.48. The summed E-state index contributed by atoms with van der Waals surface area (Å²) in [6.45, 7) is 4.40. The molecule has 27 heavy (non-hydrogen) atoms. The second kappa shape index (κ2) is 7.66. The van der Waals surface area contributed by atoms with Crippen LogP contribution in [0.3, 0.4) is 0 Å². The topological polar surface area (TPSA) is 48.0 Å². The van der Waals surface area contributed by atoms with Gasteiger partial charge in [-0.2, -0.15) is 0 Å². The van der Waals surface area contributed by atoms with Crippen molar-refractivity contribution in [3.05, 3.63) is 79.3 Å². The van der Waals surface area contributed by atoms with Crippen molar-refractivity contribution in [2.75, 3.05) is 0 Å². The predicted octanol–water partition coefficient (Wildman–Crippen LogP) is 5.77. The van der Waals surface area contributed by atoms with E-state index in [1.165, 1.54) is 5.56 Å². The number of rotatable bonds is 5. The van der Waals surface area contributed by atoms with Crippen LogP contribution < -0.4 is 5.56 Å². The van der Waals surface area contributed by atoms with Gasteiger partial charge < -0.3 is 4.42 Å². The maximum atomic E-state index is 13.2. The molecular weight excluding hydrogens is 444 g/mol. The molecule has 0 saturated heterocycles. The van der Waals surface area contributed by atoms with Gasteiger partial charge in [0.05, 0.1) is 18.2 Å². The number of fused-ring (bicyclic) bond motifs is 1. The highest BCUT2D eigenvalue weighted by Gasteiger charge is 2.17. The van der Waals surface area contributed by atoms with Gasteiger partial charge in [0, 0.05) is 15.1 Å². The second-order valence-electron chi connectivity index (χ2n) is 6.25. The lowest BCUT2D eigenvalue weighted by atomic mass is 10.2. The van der Waals surface area contributed by atoms with Crippen molar-refractivity contribution in [1.29, 1.82) is 0 Å². The average Bonchev–Trinajstić information content (AvgIpc) is 3.24. The molecule has 0 unspecified atom stereocenters.